The summed E-state index contributed by atoms with van der Waals surface area (Å²) in [4.78, 5) is 12.5. The minimum Gasteiger partial charge on any atom is -0.381 e. The maximum Gasteiger partial charge on any atom is 0.223 e. The Hall–Kier alpha value is -1.39. The number of ether oxygens (including phenoxy) is 2. The van der Waals surface area contributed by atoms with Gasteiger partial charge in [0.2, 0.25) is 5.91 Å². The molecule has 0 unspecified atom stereocenters. The lowest BCUT2D eigenvalue weighted by molar-refractivity contribution is -0.123. The molecule has 1 amide bonds. The molecule has 0 radical (unpaired) electrons. The molecule has 1 aromatic rings. The minimum absolute atomic E-state index is 0.118. The van der Waals surface area contributed by atoms with Crippen LogP contribution in [0.2, 0.25) is 0 Å². The highest BCUT2D eigenvalue weighted by atomic mass is 16.5. The quantitative estimate of drug-likeness (QED) is 0.929. The molecule has 1 saturated carbocycles. The van der Waals surface area contributed by atoms with E-state index >= 15 is 0 Å². The normalized spacial score (nSPS) is 31.9. The van der Waals surface area contributed by atoms with E-state index in [9.17, 15) is 4.79 Å². The summed E-state index contributed by atoms with van der Waals surface area (Å²) in [5.41, 5.74) is 1.48. The molecule has 1 spiro atoms. The van der Waals surface area contributed by atoms with E-state index in [1.807, 2.05) is 18.2 Å². The predicted molar refractivity (Wildman–Crippen MR) is 86.8 cm³/mol. The van der Waals surface area contributed by atoms with Gasteiger partial charge in [-0.15, -0.1) is 0 Å². The van der Waals surface area contributed by atoms with Gasteiger partial charge in [0.15, 0.2) is 0 Å². The molecular weight excluding hydrogens is 290 g/mol. The van der Waals surface area contributed by atoms with Gasteiger partial charge in [0.1, 0.15) is 0 Å². The number of carbonyl (C=O) groups is 1. The summed E-state index contributed by atoms with van der Waals surface area (Å²) < 4.78 is 11.3. The van der Waals surface area contributed by atoms with E-state index in [-0.39, 0.29) is 23.3 Å². The molecular formula is C19H25NO3. The molecule has 2 saturated heterocycles. The van der Waals surface area contributed by atoms with Crippen molar-refractivity contribution in [2.75, 3.05) is 26.4 Å². The van der Waals surface area contributed by atoms with Crippen molar-refractivity contribution in [2.24, 2.45) is 17.3 Å². The number of hydrogen-bond acceptors (Lipinski definition) is 3. The Balaban J connectivity index is 1.31. The summed E-state index contributed by atoms with van der Waals surface area (Å²) in [6.45, 7) is 3.14. The number of amides is 1. The molecule has 2 aliphatic heterocycles. The molecule has 3 atom stereocenters. The van der Waals surface area contributed by atoms with E-state index in [1.54, 1.807) is 0 Å². The molecule has 3 aliphatic rings. The topological polar surface area (TPSA) is 47.6 Å². The largest absolute Gasteiger partial charge is 0.381 e. The van der Waals surface area contributed by atoms with Crippen molar-refractivity contribution in [3.63, 3.8) is 0 Å². The van der Waals surface area contributed by atoms with E-state index in [4.69, 9.17) is 9.47 Å². The first kappa shape index (κ1) is 15.2. The van der Waals surface area contributed by atoms with Gasteiger partial charge in [-0.1, -0.05) is 30.3 Å². The van der Waals surface area contributed by atoms with Crippen LogP contribution in [0.1, 0.15) is 37.4 Å². The van der Waals surface area contributed by atoms with Crippen LogP contribution in [0.5, 0.6) is 0 Å². The van der Waals surface area contributed by atoms with Gasteiger partial charge in [-0.2, -0.15) is 0 Å². The number of hydrogen-bond donors (Lipinski definition) is 1. The van der Waals surface area contributed by atoms with Gasteiger partial charge >= 0.3 is 0 Å². The van der Waals surface area contributed by atoms with Crippen LogP contribution < -0.4 is 5.32 Å². The summed E-state index contributed by atoms with van der Waals surface area (Å²) >= 11 is 0. The maximum absolute atomic E-state index is 12.5. The van der Waals surface area contributed by atoms with Crippen LogP contribution >= 0.6 is 0 Å². The van der Waals surface area contributed by atoms with Gasteiger partial charge in [-0.25, -0.2) is 0 Å². The molecule has 23 heavy (non-hydrogen) atoms. The molecule has 0 bridgehead atoms. The van der Waals surface area contributed by atoms with Crippen LogP contribution in [-0.2, 0) is 14.3 Å². The average molecular weight is 315 g/mol. The van der Waals surface area contributed by atoms with Crippen molar-refractivity contribution in [3.8, 4) is 0 Å². The highest BCUT2D eigenvalue weighted by molar-refractivity contribution is 5.82. The van der Waals surface area contributed by atoms with E-state index in [0.717, 1.165) is 52.0 Å². The van der Waals surface area contributed by atoms with E-state index in [2.05, 4.69) is 17.4 Å². The standard InChI is InChI=1S/C19H25NO3/c21-18(16-12-19(16)7-10-22-11-8-19)20-13-15-6-9-23-17(15)14-4-2-1-3-5-14/h1-5,15-17H,6-13H2,(H,20,21)/t15-,16-,17-/m0/s1. The lowest BCUT2D eigenvalue weighted by atomic mass is 9.93. The summed E-state index contributed by atoms with van der Waals surface area (Å²) in [7, 11) is 0. The Morgan fingerprint density at radius 1 is 1.17 bits per heavy atom. The van der Waals surface area contributed by atoms with Crippen molar-refractivity contribution in [1.82, 2.24) is 5.32 Å². The number of carbonyl (C=O) groups excluding carboxylic acids is 1. The second kappa shape index (κ2) is 6.25. The van der Waals surface area contributed by atoms with Crippen LogP contribution in [-0.4, -0.2) is 32.3 Å². The SMILES string of the molecule is O=C(NC[C@@H]1CCO[C@H]1c1ccccc1)[C@@H]1CC12CCOCC2. The molecule has 4 nitrogen and oxygen atoms in total. The van der Waals surface area contributed by atoms with Crippen molar-refractivity contribution in [3.05, 3.63) is 35.9 Å². The molecule has 4 rings (SSSR count). The van der Waals surface area contributed by atoms with Crippen LogP contribution in [0.25, 0.3) is 0 Å². The van der Waals surface area contributed by atoms with Crippen LogP contribution in [0, 0.1) is 17.3 Å². The lowest BCUT2D eigenvalue weighted by Gasteiger charge is -2.23. The van der Waals surface area contributed by atoms with E-state index in [1.165, 1.54) is 5.56 Å². The zero-order chi connectivity index (χ0) is 15.7. The summed E-state index contributed by atoms with van der Waals surface area (Å²) in [5.74, 6) is 0.834. The minimum atomic E-state index is 0.118. The van der Waals surface area contributed by atoms with Crippen molar-refractivity contribution < 1.29 is 14.3 Å². The Bertz CT molecular complexity index is 553. The van der Waals surface area contributed by atoms with Crippen LogP contribution in [0.15, 0.2) is 30.3 Å². The first-order valence-electron chi connectivity index (χ1n) is 8.80. The van der Waals surface area contributed by atoms with Crippen molar-refractivity contribution >= 4 is 5.91 Å². The zero-order valence-corrected chi connectivity index (χ0v) is 13.5. The summed E-state index contributed by atoms with van der Waals surface area (Å²) in [6, 6.07) is 10.3. The average Bonchev–Trinajstić information content (AvgIpc) is 3.08. The van der Waals surface area contributed by atoms with Gasteiger partial charge in [0, 0.05) is 38.2 Å². The van der Waals surface area contributed by atoms with Crippen molar-refractivity contribution in [1.29, 1.82) is 0 Å². The third kappa shape index (κ3) is 3.02. The Kier molecular flexibility index (Phi) is 4.12. The van der Waals surface area contributed by atoms with Gasteiger partial charge in [0.25, 0.3) is 0 Å². The molecule has 1 aliphatic carbocycles. The molecule has 1 aromatic carbocycles. The van der Waals surface area contributed by atoms with E-state index in [0.29, 0.717) is 5.92 Å². The molecule has 2 heterocycles. The molecule has 4 heteroatoms. The van der Waals surface area contributed by atoms with Gasteiger partial charge in [-0.05, 0) is 36.7 Å². The third-order valence-electron chi connectivity index (χ3n) is 5.88. The van der Waals surface area contributed by atoms with Gasteiger partial charge < -0.3 is 14.8 Å². The third-order valence-corrected chi connectivity index (χ3v) is 5.88. The predicted octanol–water partition coefficient (Wildman–Crippen LogP) is 2.70. The number of benzene rings is 1. The van der Waals surface area contributed by atoms with Gasteiger partial charge in [0.05, 0.1) is 6.10 Å². The highest BCUT2D eigenvalue weighted by Gasteiger charge is 2.57. The Morgan fingerprint density at radius 3 is 2.74 bits per heavy atom. The van der Waals surface area contributed by atoms with Crippen LogP contribution in [0.3, 0.4) is 0 Å². The van der Waals surface area contributed by atoms with Gasteiger partial charge in [-0.3, -0.25) is 4.79 Å². The molecule has 3 fully saturated rings. The summed E-state index contributed by atoms with van der Waals surface area (Å²) in [6.07, 6.45) is 4.27. The fourth-order valence-electron chi connectivity index (χ4n) is 4.26. The zero-order valence-electron chi connectivity index (χ0n) is 13.5. The highest BCUT2D eigenvalue weighted by Crippen LogP contribution is 2.59. The van der Waals surface area contributed by atoms with E-state index < -0.39 is 0 Å². The fraction of sp³-hybridized carbons (Fsp3) is 0.632. The molecule has 124 valence electrons. The second-order valence-electron chi connectivity index (χ2n) is 7.23. The number of nitrogens with one attached hydrogen (secondary N) is 1. The Morgan fingerprint density at radius 2 is 1.96 bits per heavy atom. The van der Waals surface area contributed by atoms with Crippen molar-refractivity contribution in [2.45, 2.75) is 31.8 Å². The molecule has 1 N–H and O–H groups in total. The lowest BCUT2D eigenvalue weighted by Crippen LogP contribution is -2.34. The number of rotatable bonds is 4. The monoisotopic (exact) mass is 315 g/mol. The second-order valence-corrected chi connectivity index (χ2v) is 7.23. The Labute approximate surface area is 137 Å². The smallest absolute Gasteiger partial charge is 0.223 e. The first-order valence-corrected chi connectivity index (χ1v) is 8.80. The fourth-order valence-corrected chi connectivity index (χ4v) is 4.26. The summed E-state index contributed by atoms with van der Waals surface area (Å²) in [5, 5.41) is 3.20. The van der Waals surface area contributed by atoms with Crippen LogP contribution in [0.4, 0.5) is 0 Å². The molecule has 0 aromatic heterocycles. The first-order chi connectivity index (χ1) is 11.3. The maximum atomic E-state index is 12.5.